The molecule has 1 unspecified atom stereocenters. The van der Waals surface area contributed by atoms with Gasteiger partial charge in [0.2, 0.25) is 10.0 Å². The molecule has 0 heterocycles. The molecule has 25 heavy (non-hydrogen) atoms. The Kier molecular flexibility index (Phi) is 12.0. The van der Waals surface area contributed by atoms with Crippen molar-refractivity contribution in [2.75, 3.05) is 27.3 Å². The van der Waals surface area contributed by atoms with Crippen LogP contribution in [0.25, 0.3) is 0 Å². The molecule has 1 atom stereocenters. The minimum atomic E-state index is -3.25. The Labute approximate surface area is 168 Å². The lowest BCUT2D eigenvalue weighted by Crippen LogP contribution is -2.43. The molecule has 0 amide bonds. The second-order valence-corrected chi connectivity index (χ2v) is 7.40. The van der Waals surface area contributed by atoms with Gasteiger partial charge in [-0.15, -0.1) is 24.0 Å². The highest BCUT2D eigenvalue weighted by Crippen LogP contribution is 2.08. The molecule has 0 aliphatic rings. The molecule has 0 fully saturated rings. The molecule has 0 aliphatic carbocycles. The van der Waals surface area contributed by atoms with Crippen LogP contribution >= 0.6 is 24.0 Å². The summed E-state index contributed by atoms with van der Waals surface area (Å²) in [7, 11) is -0.167. The molecule has 0 bridgehead atoms. The van der Waals surface area contributed by atoms with Crippen molar-refractivity contribution in [1.29, 1.82) is 0 Å². The summed E-state index contributed by atoms with van der Waals surface area (Å²) < 4.78 is 30.5. The van der Waals surface area contributed by atoms with Crippen LogP contribution in [0.15, 0.2) is 29.3 Å². The summed E-state index contributed by atoms with van der Waals surface area (Å²) >= 11 is 0. The summed E-state index contributed by atoms with van der Waals surface area (Å²) in [6.45, 7) is 5.90. The van der Waals surface area contributed by atoms with E-state index in [-0.39, 0.29) is 35.8 Å². The first-order valence-electron chi connectivity index (χ1n) is 7.93. The van der Waals surface area contributed by atoms with E-state index in [1.165, 1.54) is 7.05 Å². The minimum Gasteiger partial charge on any atom is -0.383 e. The van der Waals surface area contributed by atoms with Gasteiger partial charge in [0, 0.05) is 19.7 Å². The summed E-state index contributed by atoms with van der Waals surface area (Å²) in [5.41, 5.74) is 1.76. The fourth-order valence-corrected chi connectivity index (χ4v) is 2.82. The molecule has 1 rings (SSSR count). The van der Waals surface area contributed by atoms with Crippen molar-refractivity contribution >= 4 is 40.0 Å². The van der Waals surface area contributed by atoms with Gasteiger partial charge in [0.15, 0.2) is 5.96 Å². The van der Waals surface area contributed by atoms with Crippen LogP contribution in [0, 0.1) is 0 Å². The first kappa shape index (κ1) is 24.1. The lowest BCUT2D eigenvalue weighted by atomic mass is 10.1. The highest BCUT2D eigenvalue weighted by Gasteiger charge is 2.08. The molecule has 9 heteroatoms. The number of nitrogens with zero attached hydrogens (tertiary/aromatic N) is 1. The van der Waals surface area contributed by atoms with Gasteiger partial charge >= 0.3 is 0 Å². The van der Waals surface area contributed by atoms with Gasteiger partial charge in [0.1, 0.15) is 0 Å². The molecule has 144 valence electrons. The fraction of sp³-hybridized carbons (Fsp3) is 0.562. The Balaban J connectivity index is 0.00000576. The third-order valence-electron chi connectivity index (χ3n) is 3.25. The maximum Gasteiger partial charge on any atom is 0.215 e. The largest absolute Gasteiger partial charge is 0.383 e. The number of hydrogen-bond donors (Lipinski definition) is 3. The zero-order valence-electron chi connectivity index (χ0n) is 15.2. The van der Waals surface area contributed by atoms with E-state index in [9.17, 15) is 8.42 Å². The molecule has 1 aromatic carbocycles. The van der Waals surface area contributed by atoms with E-state index >= 15 is 0 Å². The van der Waals surface area contributed by atoms with Crippen LogP contribution in [0.1, 0.15) is 25.0 Å². The summed E-state index contributed by atoms with van der Waals surface area (Å²) in [6.07, 6.45) is 0. The maximum absolute atomic E-state index is 11.5. The number of halogens is 1. The number of rotatable bonds is 9. The van der Waals surface area contributed by atoms with Gasteiger partial charge in [-0.25, -0.2) is 18.1 Å². The smallest absolute Gasteiger partial charge is 0.215 e. The van der Waals surface area contributed by atoms with Crippen LogP contribution in [-0.4, -0.2) is 47.7 Å². The second kappa shape index (κ2) is 12.4. The normalized spacial score (nSPS) is 13.0. The van der Waals surface area contributed by atoms with Gasteiger partial charge < -0.3 is 15.4 Å². The van der Waals surface area contributed by atoms with E-state index in [1.54, 1.807) is 7.11 Å². The van der Waals surface area contributed by atoms with E-state index in [0.29, 0.717) is 13.2 Å². The van der Waals surface area contributed by atoms with Crippen LogP contribution in [0.4, 0.5) is 0 Å². The highest BCUT2D eigenvalue weighted by atomic mass is 127. The zero-order valence-corrected chi connectivity index (χ0v) is 18.4. The molecular formula is C16H29IN4O3S. The number of nitrogens with one attached hydrogen (secondary N) is 3. The topological polar surface area (TPSA) is 91.8 Å². The molecule has 0 aliphatic heterocycles. The molecule has 0 spiro atoms. The Hall–Kier alpha value is -0.910. The standard InChI is InChI=1S/C16H28N4O3S.HI/c1-5-18-16(20-13(2)11-23-4)19-10-14-6-8-15(9-7-14)12-24(21,22)17-3;/h6-9,13,17H,5,10-12H2,1-4H3,(H2,18,19,20);1H. The van der Waals surface area contributed by atoms with Gasteiger partial charge in [-0.3, -0.25) is 0 Å². The van der Waals surface area contributed by atoms with Gasteiger partial charge in [-0.05, 0) is 32.0 Å². The average Bonchev–Trinajstić information content (AvgIpc) is 2.54. The molecular weight excluding hydrogens is 455 g/mol. The zero-order chi connectivity index (χ0) is 18.0. The molecule has 0 radical (unpaired) electrons. The number of methoxy groups -OCH3 is 1. The van der Waals surface area contributed by atoms with E-state index in [0.717, 1.165) is 23.6 Å². The molecule has 1 aromatic rings. The summed E-state index contributed by atoms with van der Waals surface area (Å²) in [4.78, 5) is 4.53. The SMILES string of the molecule is CCNC(=NCc1ccc(CS(=O)(=O)NC)cc1)NC(C)COC.I. The van der Waals surface area contributed by atoms with E-state index in [1.807, 2.05) is 38.1 Å². The third-order valence-corrected chi connectivity index (χ3v) is 4.59. The number of aliphatic imine (C=N–C) groups is 1. The third kappa shape index (κ3) is 9.97. The quantitative estimate of drug-likeness (QED) is 0.281. The Morgan fingerprint density at radius 2 is 1.84 bits per heavy atom. The number of sulfonamides is 1. The first-order valence-corrected chi connectivity index (χ1v) is 9.58. The van der Waals surface area contributed by atoms with Crippen molar-refractivity contribution in [3.8, 4) is 0 Å². The van der Waals surface area contributed by atoms with Gasteiger partial charge in [0.25, 0.3) is 0 Å². The van der Waals surface area contributed by atoms with Crippen LogP contribution < -0.4 is 15.4 Å². The lowest BCUT2D eigenvalue weighted by Gasteiger charge is -2.17. The summed E-state index contributed by atoms with van der Waals surface area (Å²) in [5.74, 6) is 0.704. The molecule has 3 N–H and O–H groups in total. The predicted octanol–water partition coefficient (Wildman–Crippen LogP) is 1.44. The second-order valence-electron chi connectivity index (χ2n) is 5.48. The molecule has 0 saturated heterocycles. The molecule has 0 saturated carbocycles. The number of hydrogen-bond acceptors (Lipinski definition) is 4. The van der Waals surface area contributed by atoms with E-state index in [4.69, 9.17) is 4.74 Å². The van der Waals surface area contributed by atoms with Gasteiger partial charge in [-0.1, -0.05) is 24.3 Å². The Morgan fingerprint density at radius 3 is 2.36 bits per heavy atom. The van der Waals surface area contributed by atoms with E-state index < -0.39 is 10.0 Å². The van der Waals surface area contributed by atoms with Crippen LogP contribution in [0.3, 0.4) is 0 Å². The monoisotopic (exact) mass is 484 g/mol. The van der Waals surface area contributed by atoms with Crippen LogP contribution in [-0.2, 0) is 27.1 Å². The number of ether oxygens (including phenoxy) is 1. The van der Waals surface area contributed by atoms with Crippen molar-refractivity contribution in [3.63, 3.8) is 0 Å². The first-order chi connectivity index (χ1) is 11.4. The average molecular weight is 484 g/mol. The highest BCUT2D eigenvalue weighted by molar-refractivity contribution is 14.0. The fourth-order valence-electron chi connectivity index (χ4n) is 2.05. The Morgan fingerprint density at radius 1 is 1.24 bits per heavy atom. The van der Waals surface area contributed by atoms with Crippen molar-refractivity contribution in [3.05, 3.63) is 35.4 Å². The van der Waals surface area contributed by atoms with Gasteiger partial charge in [-0.2, -0.15) is 0 Å². The molecule has 7 nitrogen and oxygen atoms in total. The molecule has 0 aromatic heterocycles. The van der Waals surface area contributed by atoms with Crippen molar-refractivity contribution in [2.24, 2.45) is 4.99 Å². The van der Waals surface area contributed by atoms with Crippen molar-refractivity contribution in [2.45, 2.75) is 32.2 Å². The van der Waals surface area contributed by atoms with Crippen LogP contribution in [0.5, 0.6) is 0 Å². The number of benzene rings is 1. The maximum atomic E-state index is 11.5. The predicted molar refractivity (Wildman–Crippen MR) is 113 cm³/mol. The van der Waals surface area contributed by atoms with Crippen molar-refractivity contribution in [1.82, 2.24) is 15.4 Å². The lowest BCUT2D eigenvalue weighted by molar-refractivity contribution is 0.179. The summed E-state index contributed by atoms with van der Waals surface area (Å²) in [6, 6.07) is 7.57. The summed E-state index contributed by atoms with van der Waals surface area (Å²) in [5, 5.41) is 6.45. The Bertz CT molecular complexity index is 621. The van der Waals surface area contributed by atoms with Crippen molar-refractivity contribution < 1.29 is 13.2 Å². The van der Waals surface area contributed by atoms with Crippen LogP contribution in [0.2, 0.25) is 0 Å². The van der Waals surface area contributed by atoms with Gasteiger partial charge in [0.05, 0.1) is 18.9 Å². The number of guanidine groups is 1. The minimum absolute atomic E-state index is 0. The van der Waals surface area contributed by atoms with E-state index in [2.05, 4.69) is 20.3 Å².